The molecule has 0 aliphatic heterocycles. The maximum atomic E-state index is 14.9. The van der Waals surface area contributed by atoms with Crippen LogP contribution in [0.1, 0.15) is 81.2 Å². The fraction of sp³-hybridized carbons (Fsp3) is 0.400. The number of hydrogen-bond acceptors (Lipinski definition) is 5. The van der Waals surface area contributed by atoms with Gasteiger partial charge >= 0.3 is 0 Å². The lowest BCUT2D eigenvalue weighted by molar-refractivity contribution is 0.0726. The Morgan fingerprint density at radius 3 is 2.53 bits per heavy atom. The zero-order valence-electron chi connectivity index (χ0n) is 26.8. The van der Waals surface area contributed by atoms with E-state index < -0.39 is 15.1 Å². The highest BCUT2D eigenvalue weighted by Crippen LogP contribution is 2.51. The number of pyridine rings is 1. The van der Waals surface area contributed by atoms with Gasteiger partial charge in [0.25, 0.3) is 0 Å². The standard InChI is InChI=1S/C35H41FN6O2S/c1-23(2)42(45(7,44)30-21-38-40(6)22-30)29-11-8-26-17-32-24(20-39-41(32)28-12-9-27(36)10-13-28)18-35(26,19-29)33(43)31-16-25(14-15-37-31)34(3,4)5/h9-10,12-17,20-23,29H,7-8,11,18-19H2,1-6H3/t29-,35-,45?/m0/s1. The second-order valence-electron chi connectivity index (χ2n) is 13.7. The lowest BCUT2D eigenvalue weighted by Crippen LogP contribution is -2.52. The van der Waals surface area contributed by atoms with E-state index in [2.05, 4.69) is 47.9 Å². The van der Waals surface area contributed by atoms with Gasteiger partial charge in [-0.05, 0) is 104 Å². The van der Waals surface area contributed by atoms with Gasteiger partial charge in [-0.25, -0.2) is 17.6 Å². The number of allylic oxidation sites excluding steroid dienone is 1. The molecule has 10 heteroatoms. The van der Waals surface area contributed by atoms with Crippen LogP contribution in [0.3, 0.4) is 0 Å². The predicted octanol–water partition coefficient (Wildman–Crippen LogP) is 6.20. The number of halogens is 1. The summed E-state index contributed by atoms with van der Waals surface area (Å²) in [5.74, 6) is 3.90. The minimum atomic E-state index is -2.90. The number of nitrogens with zero attached hydrogens (tertiary/aromatic N) is 6. The van der Waals surface area contributed by atoms with Gasteiger partial charge in [0, 0.05) is 31.5 Å². The molecule has 8 nitrogen and oxygen atoms in total. The molecule has 3 aromatic heterocycles. The molecule has 0 spiro atoms. The molecule has 0 radical (unpaired) electrons. The summed E-state index contributed by atoms with van der Waals surface area (Å²) in [5.41, 5.74) is 4.00. The summed E-state index contributed by atoms with van der Waals surface area (Å²) >= 11 is 0. The first-order chi connectivity index (χ1) is 21.2. The van der Waals surface area contributed by atoms with Crippen LogP contribution in [-0.4, -0.2) is 56.8 Å². The Morgan fingerprint density at radius 1 is 1.16 bits per heavy atom. The number of fused-ring (bicyclic) bond motifs is 2. The molecular formula is C35H41FN6O2S. The SMILES string of the molecule is C=S(=O)(c1cnn(C)c1)N(C(C)C)[C@H]1CCC2=Cc3c(cnn3-c3ccc(F)cc3)C[C@]2(C(=O)c2cc(C(C)(C)C)ccn2)C1. The lowest BCUT2D eigenvalue weighted by Gasteiger charge is -2.48. The minimum Gasteiger partial charge on any atom is -0.291 e. The maximum absolute atomic E-state index is 14.9. The number of Topliss-reactive ketones (excluding diaryl/α,β-unsaturated/α-hetero) is 1. The third-order valence-electron chi connectivity index (χ3n) is 9.26. The van der Waals surface area contributed by atoms with E-state index in [4.69, 9.17) is 0 Å². The third-order valence-corrected chi connectivity index (χ3v) is 11.6. The van der Waals surface area contributed by atoms with Gasteiger partial charge in [0.05, 0.1) is 43.8 Å². The topological polar surface area (TPSA) is 85.9 Å². The normalized spacial score (nSPS) is 21.3. The van der Waals surface area contributed by atoms with Gasteiger partial charge in [-0.2, -0.15) is 10.2 Å². The summed E-state index contributed by atoms with van der Waals surface area (Å²) < 4.78 is 33.7. The molecule has 2 aliphatic carbocycles. The van der Waals surface area contributed by atoms with Gasteiger partial charge < -0.3 is 0 Å². The number of carbonyl (C=O) groups excluding carboxylic acids is 1. The fourth-order valence-corrected chi connectivity index (χ4v) is 9.16. The molecule has 0 N–H and O–H groups in total. The van der Waals surface area contributed by atoms with Crippen molar-refractivity contribution in [3.63, 3.8) is 0 Å². The molecule has 45 heavy (non-hydrogen) atoms. The molecule has 236 valence electrons. The van der Waals surface area contributed by atoms with Crippen LogP contribution in [0.2, 0.25) is 0 Å². The van der Waals surface area contributed by atoms with E-state index in [-0.39, 0.29) is 29.1 Å². The van der Waals surface area contributed by atoms with Crippen molar-refractivity contribution in [3.8, 4) is 5.69 Å². The number of aryl methyl sites for hydroxylation is 1. The molecule has 0 amide bonds. The Hall–Kier alpha value is -3.89. The van der Waals surface area contributed by atoms with Crippen LogP contribution < -0.4 is 0 Å². The summed E-state index contributed by atoms with van der Waals surface area (Å²) in [4.78, 5) is 20.1. The van der Waals surface area contributed by atoms with Crippen LogP contribution in [-0.2, 0) is 28.6 Å². The van der Waals surface area contributed by atoms with Gasteiger partial charge in [0.2, 0.25) is 0 Å². The van der Waals surface area contributed by atoms with Crippen molar-refractivity contribution in [1.82, 2.24) is 28.9 Å². The summed E-state index contributed by atoms with van der Waals surface area (Å²) in [6.07, 6.45) is 11.3. The van der Waals surface area contributed by atoms with E-state index >= 15 is 0 Å². The maximum Gasteiger partial charge on any atom is 0.191 e. The second kappa shape index (κ2) is 11.2. The number of carbonyl (C=O) groups is 1. The highest BCUT2D eigenvalue weighted by atomic mass is 32.2. The van der Waals surface area contributed by atoms with Crippen LogP contribution >= 0.6 is 0 Å². The Balaban J connectivity index is 1.47. The number of hydrogen-bond donors (Lipinski definition) is 0. The van der Waals surface area contributed by atoms with Crippen LogP contribution in [0.15, 0.2) is 71.7 Å². The smallest absolute Gasteiger partial charge is 0.191 e. The Labute approximate surface area is 265 Å². The lowest BCUT2D eigenvalue weighted by atomic mass is 9.60. The molecule has 3 heterocycles. The van der Waals surface area contributed by atoms with Crippen molar-refractivity contribution in [2.75, 3.05) is 0 Å². The van der Waals surface area contributed by atoms with Crippen LogP contribution in [0.25, 0.3) is 11.8 Å². The van der Waals surface area contributed by atoms with Crippen molar-refractivity contribution >= 4 is 27.4 Å². The van der Waals surface area contributed by atoms with E-state index in [9.17, 15) is 13.4 Å². The first-order valence-electron chi connectivity index (χ1n) is 15.4. The van der Waals surface area contributed by atoms with E-state index in [1.807, 2.05) is 41.2 Å². The van der Waals surface area contributed by atoms with Crippen molar-refractivity contribution in [2.45, 2.75) is 82.7 Å². The van der Waals surface area contributed by atoms with Crippen molar-refractivity contribution < 1.29 is 13.4 Å². The van der Waals surface area contributed by atoms with Crippen molar-refractivity contribution in [1.29, 1.82) is 0 Å². The molecule has 0 bridgehead atoms. The molecule has 3 atom stereocenters. The zero-order chi connectivity index (χ0) is 32.3. The van der Waals surface area contributed by atoms with Gasteiger partial charge in [-0.15, -0.1) is 0 Å². The quantitative estimate of drug-likeness (QED) is 0.180. The minimum absolute atomic E-state index is 0.0367. The second-order valence-corrected chi connectivity index (χ2v) is 15.9. The molecule has 1 unspecified atom stereocenters. The summed E-state index contributed by atoms with van der Waals surface area (Å²) in [6, 6.07) is 9.86. The molecule has 6 rings (SSSR count). The monoisotopic (exact) mass is 628 g/mol. The summed E-state index contributed by atoms with van der Waals surface area (Å²) in [5, 5.41) is 8.95. The first kappa shape index (κ1) is 31.1. The first-order valence-corrected chi connectivity index (χ1v) is 17.1. The number of aromatic nitrogens is 5. The Kier molecular flexibility index (Phi) is 7.72. The van der Waals surface area contributed by atoms with Crippen molar-refractivity contribution in [2.24, 2.45) is 12.5 Å². The van der Waals surface area contributed by atoms with Gasteiger partial charge in [-0.1, -0.05) is 26.3 Å². The van der Waals surface area contributed by atoms with Crippen LogP contribution in [0.5, 0.6) is 0 Å². The third kappa shape index (κ3) is 5.48. The largest absolute Gasteiger partial charge is 0.291 e. The van der Waals surface area contributed by atoms with Crippen LogP contribution in [0, 0.1) is 11.2 Å². The Bertz CT molecular complexity index is 1900. The molecule has 1 saturated carbocycles. The van der Waals surface area contributed by atoms with E-state index in [1.165, 1.54) is 12.1 Å². The van der Waals surface area contributed by atoms with Crippen molar-refractivity contribution in [3.05, 3.63) is 95.1 Å². The number of rotatable bonds is 7. The molecule has 4 aromatic rings. The molecule has 1 aromatic carbocycles. The molecular weight excluding hydrogens is 587 g/mol. The van der Waals surface area contributed by atoms with E-state index in [1.54, 1.807) is 42.5 Å². The number of benzene rings is 1. The van der Waals surface area contributed by atoms with E-state index in [0.29, 0.717) is 36.3 Å². The molecule has 1 fully saturated rings. The highest BCUT2D eigenvalue weighted by molar-refractivity contribution is 7.98. The zero-order valence-corrected chi connectivity index (χ0v) is 27.6. The van der Waals surface area contributed by atoms with Gasteiger partial charge in [0.15, 0.2) is 5.78 Å². The number of ketones is 1. The average Bonchev–Trinajstić information content (AvgIpc) is 3.61. The van der Waals surface area contributed by atoms with Gasteiger partial charge in [0.1, 0.15) is 11.5 Å². The average molecular weight is 629 g/mol. The fourth-order valence-electron chi connectivity index (χ4n) is 7.04. The highest BCUT2D eigenvalue weighted by Gasteiger charge is 2.51. The summed E-state index contributed by atoms with van der Waals surface area (Å²) in [6.45, 7) is 10.4. The van der Waals surface area contributed by atoms with Crippen LogP contribution in [0.4, 0.5) is 4.39 Å². The summed E-state index contributed by atoms with van der Waals surface area (Å²) in [7, 11) is -1.10. The molecule has 2 aliphatic rings. The predicted molar refractivity (Wildman–Crippen MR) is 176 cm³/mol. The Morgan fingerprint density at radius 2 is 1.89 bits per heavy atom. The van der Waals surface area contributed by atoms with E-state index in [0.717, 1.165) is 28.1 Å². The molecule has 0 saturated heterocycles. The van der Waals surface area contributed by atoms with Gasteiger partial charge in [-0.3, -0.25) is 14.5 Å².